The molecule has 3 aromatic rings. The number of nitrogens with one attached hydrogen (secondary N) is 1. The highest BCUT2D eigenvalue weighted by molar-refractivity contribution is 6.48. The number of nitrogens with zero attached hydrogens (tertiary/aromatic N) is 2. The van der Waals surface area contributed by atoms with Crippen LogP contribution in [0.5, 0.6) is 0 Å². The fourth-order valence-corrected chi connectivity index (χ4v) is 4.34. The van der Waals surface area contributed by atoms with Crippen molar-refractivity contribution in [3.05, 3.63) is 65.9 Å². The fraction of sp³-hybridized carbons (Fsp3) is 0.333. The van der Waals surface area contributed by atoms with E-state index in [0.717, 1.165) is 44.3 Å². The molecular formula is C27H29N3O5. The van der Waals surface area contributed by atoms with Gasteiger partial charge in [-0.1, -0.05) is 31.0 Å². The highest BCUT2D eigenvalue weighted by atomic mass is 16.5. The van der Waals surface area contributed by atoms with Crippen molar-refractivity contribution in [2.45, 2.75) is 39.2 Å². The van der Waals surface area contributed by atoms with Gasteiger partial charge in [-0.3, -0.25) is 14.4 Å². The van der Waals surface area contributed by atoms with Crippen LogP contribution in [-0.4, -0.2) is 52.7 Å². The van der Waals surface area contributed by atoms with Crippen molar-refractivity contribution in [3.63, 3.8) is 0 Å². The van der Waals surface area contributed by atoms with Crippen molar-refractivity contribution in [2.24, 2.45) is 0 Å². The molecule has 1 aliphatic rings. The Kier molecular flexibility index (Phi) is 7.60. The van der Waals surface area contributed by atoms with Crippen LogP contribution in [0.25, 0.3) is 10.9 Å². The second-order valence-electron chi connectivity index (χ2n) is 8.56. The van der Waals surface area contributed by atoms with E-state index in [4.69, 9.17) is 4.74 Å². The molecule has 1 N–H and O–H groups in total. The molecule has 2 aromatic carbocycles. The summed E-state index contributed by atoms with van der Waals surface area (Å²) in [4.78, 5) is 52.5. The summed E-state index contributed by atoms with van der Waals surface area (Å²) in [6, 6.07) is 13.4. The molecule has 8 heteroatoms. The van der Waals surface area contributed by atoms with Crippen molar-refractivity contribution in [1.29, 1.82) is 0 Å². The van der Waals surface area contributed by atoms with Crippen LogP contribution in [0, 0.1) is 0 Å². The minimum atomic E-state index is -0.796. The standard InChI is InChI=1S/C27H29N3O5/c1-2-35-27(34)19-11-13-20(14-12-19)28-26(33)25(32)22-17-30(23-10-6-5-9-21(22)23)18-24(31)29-15-7-3-4-8-16-29/h5-6,9-14,17H,2-4,7-8,15-16,18H2,1H3,(H,28,33). The lowest BCUT2D eigenvalue weighted by Crippen LogP contribution is -2.34. The number of rotatable bonds is 7. The van der Waals surface area contributed by atoms with Gasteiger partial charge in [0.2, 0.25) is 5.91 Å². The predicted molar refractivity (Wildman–Crippen MR) is 132 cm³/mol. The molecule has 2 heterocycles. The number of likely N-dealkylation sites (tertiary alicyclic amines) is 1. The molecule has 4 rings (SSSR count). The van der Waals surface area contributed by atoms with Crippen molar-refractivity contribution in [1.82, 2.24) is 9.47 Å². The number of anilines is 1. The van der Waals surface area contributed by atoms with Gasteiger partial charge in [0.05, 0.1) is 17.7 Å². The first-order valence-electron chi connectivity index (χ1n) is 12.0. The first-order valence-corrected chi connectivity index (χ1v) is 12.0. The van der Waals surface area contributed by atoms with Gasteiger partial charge in [-0.05, 0) is 50.1 Å². The predicted octanol–water partition coefficient (Wildman–Crippen LogP) is 4.04. The molecule has 1 aromatic heterocycles. The lowest BCUT2D eigenvalue weighted by molar-refractivity contribution is -0.131. The Morgan fingerprint density at radius 1 is 0.914 bits per heavy atom. The van der Waals surface area contributed by atoms with E-state index in [0.29, 0.717) is 16.6 Å². The van der Waals surface area contributed by atoms with Crippen molar-refractivity contribution in [2.75, 3.05) is 25.0 Å². The number of ketones is 1. The highest BCUT2D eigenvalue weighted by Crippen LogP contribution is 2.23. The van der Waals surface area contributed by atoms with Gasteiger partial charge in [0.15, 0.2) is 0 Å². The van der Waals surface area contributed by atoms with Crippen LogP contribution in [0.1, 0.15) is 53.3 Å². The van der Waals surface area contributed by atoms with Gasteiger partial charge in [0.25, 0.3) is 11.7 Å². The number of benzene rings is 2. The number of hydrogen-bond donors (Lipinski definition) is 1. The van der Waals surface area contributed by atoms with E-state index in [2.05, 4.69) is 5.32 Å². The number of esters is 1. The van der Waals surface area contributed by atoms with E-state index in [-0.39, 0.29) is 24.6 Å². The average Bonchev–Trinajstić information content (AvgIpc) is 3.03. The van der Waals surface area contributed by atoms with Crippen LogP contribution in [0.4, 0.5) is 5.69 Å². The van der Waals surface area contributed by atoms with E-state index in [1.165, 1.54) is 12.1 Å². The molecule has 0 unspecified atom stereocenters. The Labute approximate surface area is 203 Å². The van der Waals surface area contributed by atoms with Crippen molar-refractivity contribution in [3.8, 4) is 0 Å². The minimum Gasteiger partial charge on any atom is -0.462 e. The zero-order valence-electron chi connectivity index (χ0n) is 19.8. The molecule has 0 radical (unpaired) electrons. The second kappa shape index (κ2) is 11.0. The number of ether oxygens (including phenoxy) is 1. The molecule has 1 saturated heterocycles. The van der Waals surface area contributed by atoms with Crippen LogP contribution in [-0.2, 0) is 20.9 Å². The Morgan fingerprint density at radius 3 is 2.29 bits per heavy atom. The van der Waals surface area contributed by atoms with Gasteiger partial charge in [-0.25, -0.2) is 4.79 Å². The lowest BCUT2D eigenvalue weighted by atomic mass is 10.1. The van der Waals surface area contributed by atoms with Gasteiger partial charge < -0.3 is 19.5 Å². The maximum atomic E-state index is 13.1. The Balaban J connectivity index is 1.51. The van der Waals surface area contributed by atoms with Crippen LogP contribution in [0.2, 0.25) is 0 Å². The number of fused-ring (bicyclic) bond motifs is 1. The van der Waals surface area contributed by atoms with E-state index < -0.39 is 17.7 Å². The summed E-state index contributed by atoms with van der Waals surface area (Å²) in [6.45, 7) is 3.61. The summed E-state index contributed by atoms with van der Waals surface area (Å²) >= 11 is 0. The third-order valence-electron chi connectivity index (χ3n) is 6.16. The van der Waals surface area contributed by atoms with E-state index in [9.17, 15) is 19.2 Å². The first kappa shape index (κ1) is 24.2. The van der Waals surface area contributed by atoms with Crippen LogP contribution in [0.15, 0.2) is 54.7 Å². The number of carbonyl (C=O) groups is 4. The third kappa shape index (κ3) is 5.59. The Bertz CT molecular complexity index is 1240. The third-order valence-corrected chi connectivity index (χ3v) is 6.16. The number of para-hydroxylation sites is 1. The largest absolute Gasteiger partial charge is 0.462 e. The van der Waals surface area contributed by atoms with Crippen LogP contribution < -0.4 is 5.32 Å². The summed E-state index contributed by atoms with van der Waals surface area (Å²) in [5.41, 5.74) is 1.71. The molecule has 1 fully saturated rings. The SMILES string of the molecule is CCOC(=O)c1ccc(NC(=O)C(=O)c2cn(CC(=O)N3CCCCCC3)c3ccccc23)cc1. The quantitative estimate of drug-likeness (QED) is 0.316. The van der Waals surface area contributed by atoms with Crippen LogP contribution in [0.3, 0.4) is 0 Å². The van der Waals surface area contributed by atoms with Crippen molar-refractivity contribution >= 4 is 40.2 Å². The molecule has 182 valence electrons. The summed E-state index contributed by atoms with van der Waals surface area (Å²) in [7, 11) is 0. The zero-order chi connectivity index (χ0) is 24.8. The number of Topliss-reactive ketones (excluding diaryl/α,β-unsaturated/α-hetero) is 1. The molecule has 0 spiro atoms. The fourth-order valence-electron chi connectivity index (χ4n) is 4.34. The monoisotopic (exact) mass is 475 g/mol. The van der Waals surface area contributed by atoms with Gasteiger partial charge in [0.1, 0.15) is 6.54 Å². The lowest BCUT2D eigenvalue weighted by Gasteiger charge is -2.20. The van der Waals surface area contributed by atoms with Gasteiger partial charge >= 0.3 is 5.97 Å². The van der Waals surface area contributed by atoms with E-state index >= 15 is 0 Å². The number of aromatic nitrogens is 1. The maximum Gasteiger partial charge on any atom is 0.338 e. The Morgan fingerprint density at radius 2 is 1.60 bits per heavy atom. The van der Waals surface area contributed by atoms with Crippen LogP contribution >= 0.6 is 0 Å². The molecule has 35 heavy (non-hydrogen) atoms. The molecule has 1 aliphatic heterocycles. The number of amides is 2. The smallest absolute Gasteiger partial charge is 0.338 e. The molecule has 0 bridgehead atoms. The summed E-state index contributed by atoms with van der Waals surface area (Å²) < 4.78 is 6.70. The van der Waals surface area contributed by atoms with E-state index in [1.54, 1.807) is 42.0 Å². The summed E-state index contributed by atoms with van der Waals surface area (Å²) in [6.07, 6.45) is 5.86. The molecule has 0 aliphatic carbocycles. The second-order valence-corrected chi connectivity index (χ2v) is 8.56. The number of carbonyl (C=O) groups excluding carboxylic acids is 4. The van der Waals surface area contributed by atoms with E-state index in [1.807, 2.05) is 17.0 Å². The zero-order valence-corrected chi connectivity index (χ0v) is 19.8. The molecule has 8 nitrogen and oxygen atoms in total. The minimum absolute atomic E-state index is 0.0118. The van der Waals surface area contributed by atoms with Gasteiger partial charge in [0, 0.05) is 35.9 Å². The van der Waals surface area contributed by atoms with Gasteiger partial charge in [-0.15, -0.1) is 0 Å². The average molecular weight is 476 g/mol. The first-order chi connectivity index (χ1) is 17.0. The molecule has 2 amide bonds. The molecule has 0 saturated carbocycles. The van der Waals surface area contributed by atoms with Crippen molar-refractivity contribution < 1.29 is 23.9 Å². The molecular weight excluding hydrogens is 446 g/mol. The summed E-state index contributed by atoms with van der Waals surface area (Å²) in [5.74, 6) is -1.94. The topological polar surface area (TPSA) is 97.7 Å². The van der Waals surface area contributed by atoms with Gasteiger partial charge in [-0.2, -0.15) is 0 Å². The maximum absolute atomic E-state index is 13.1. The highest BCUT2D eigenvalue weighted by Gasteiger charge is 2.23. The summed E-state index contributed by atoms with van der Waals surface area (Å²) in [5, 5.41) is 3.21. The normalized spacial score (nSPS) is 13.8. The molecule has 0 atom stereocenters. The Hall–Kier alpha value is -3.94. The number of hydrogen-bond acceptors (Lipinski definition) is 5.